The van der Waals surface area contributed by atoms with Crippen LogP contribution in [0.5, 0.6) is 0 Å². The van der Waals surface area contributed by atoms with Crippen LogP contribution in [-0.2, 0) is 6.54 Å². The predicted molar refractivity (Wildman–Crippen MR) is 83.2 cm³/mol. The fraction of sp³-hybridized carbons (Fsp3) is 0.294. The van der Waals surface area contributed by atoms with E-state index in [1.165, 1.54) is 0 Å². The van der Waals surface area contributed by atoms with Crippen molar-refractivity contribution in [2.24, 2.45) is 0 Å². The summed E-state index contributed by atoms with van der Waals surface area (Å²) in [5.41, 5.74) is 3.86. The Bertz CT molecular complexity index is 615. The molecule has 0 atom stereocenters. The summed E-state index contributed by atoms with van der Waals surface area (Å²) >= 11 is 0. The summed E-state index contributed by atoms with van der Waals surface area (Å²) in [6, 6.07) is 12.0. The zero-order valence-corrected chi connectivity index (χ0v) is 12.1. The minimum absolute atomic E-state index is 0.0202. The van der Waals surface area contributed by atoms with E-state index in [4.69, 9.17) is 0 Å². The van der Waals surface area contributed by atoms with E-state index in [9.17, 15) is 4.79 Å². The molecule has 108 valence electrons. The second kappa shape index (κ2) is 5.95. The minimum Gasteiger partial charge on any atom is -0.381 e. The predicted octanol–water partition coefficient (Wildman–Crippen LogP) is 2.89. The van der Waals surface area contributed by atoms with Gasteiger partial charge in [-0.15, -0.1) is 0 Å². The Morgan fingerprint density at radius 1 is 1.19 bits per heavy atom. The topological polar surface area (TPSA) is 54.0 Å². The third-order valence-corrected chi connectivity index (χ3v) is 3.53. The normalized spacial score (nSPS) is 13.8. The number of rotatable bonds is 5. The summed E-state index contributed by atoms with van der Waals surface area (Å²) in [5, 5.41) is 6.31. The molecule has 0 radical (unpaired) electrons. The molecule has 1 amide bonds. The number of aromatic nitrogens is 1. The highest BCUT2D eigenvalue weighted by molar-refractivity contribution is 5.94. The summed E-state index contributed by atoms with van der Waals surface area (Å²) in [4.78, 5) is 16.1. The van der Waals surface area contributed by atoms with E-state index in [0.29, 0.717) is 11.6 Å². The first kappa shape index (κ1) is 13.6. The first-order valence-corrected chi connectivity index (χ1v) is 7.27. The Morgan fingerprint density at radius 3 is 2.57 bits per heavy atom. The molecule has 1 heterocycles. The molecule has 0 spiro atoms. The second-order valence-corrected chi connectivity index (χ2v) is 5.49. The van der Waals surface area contributed by atoms with Gasteiger partial charge in [0.05, 0.1) is 0 Å². The van der Waals surface area contributed by atoms with Gasteiger partial charge in [-0.3, -0.25) is 9.78 Å². The maximum Gasteiger partial charge on any atom is 0.251 e. The Kier molecular flexibility index (Phi) is 3.86. The SMILES string of the molecule is Cc1ccc(CNc2ccc(C(=O)NC3CC3)cc2)cn1. The van der Waals surface area contributed by atoms with Crippen LogP contribution in [0.1, 0.15) is 34.5 Å². The van der Waals surface area contributed by atoms with Crippen molar-refractivity contribution in [3.63, 3.8) is 0 Å². The third kappa shape index (κ3) is 3.81. The zero-order chi connectivity index (χ0) is 14.7. The lowest BCUT2D eigenvalue weighted by atomic mass is 10.2. The first-order valence-electron chi connectivity index (χ1n) is 7.27. The number of nitrogens with one attached hydrogen (secondary N) is 2. The molecule has 1 aromatic carbocycles. The Hall–Kier alpha value is -2.36. The zero-order valence-electron chi connectivity index (χ0n) is 12.1. The van der Waals surface area contributed by atoms with Gasteiger partial charge in [0.1, 0.15) is 0 Å². The van der Waals surface area contributed by atoms with E-state index in [1.54, 1.807) is 0 Å². The van der Waals surface area contributed by atoms with Gasteiger partial charge < -0.3 is 10.6 Å². The van der Waals surface area contributed by atoms with Gasteiger partial charge >= 0.3 is 0 Å². The third-order valence-electron chi connectivity index (χ3n) is 3.53. The van der Waals surface area contributed by atoms with Gasteiger partial charge in [-0.2, -0.15) is 0 Å². The Labute approximate surface area is 124 Å². The molecule has 4 nitrogen and oxygen atoms in total. The number of amides is 1. The molecular weight excluding hydrogens is 262 g/mol. The molecule has 1 aliphatic carbocycles. The maximum atomic E-state index is 11.9. The van der Waals surface area contributed by atoms with Crippen LogP contribution in [0.2, 0.25) is 0 Å². The molecule has 0 unspecified atom stereocenters. The van der Waals surface area contributed by atoms with Gasteiger partial charge in [0, 0.05) is 35.7 Å². The highest BCUT2D eigenvalue weighted by Crippen LogP contribution is 2.19. The first-order chi connectivity index (χ1) is 10.2. The summed E-state index contributed by atoms with van der Waals surface area (Å²) in [5.74, 6) is 0.0202. The van der Waals surface area contributed by atoms with E-state index in [1.807, 2.05) is 43.5 Å². The molecule has 2 N–H and O–H groups in total. The monoisotopic (exact) mass is 281 g/mol. The van der Waals surface area contributed by atoms with Crippen LogP contribution in [0.3, 0.4) is 0 Å². The van der Waals surface area contributed by atoms with Crippen LogP contribution in [0.4, 0.5) is 5.69 Å². The second-order valence-electron chi connectivity index (χ2n) is 5.49. The molecule has 2 aromatic rings. The number of hydrogen-bond donors (Lipinski definition) is 2. The van der Waals surface area contributed by atoms with Crippen LogP contribution in [0.15, 0.2) is 42.6 Å². The van der Waals surface area contributed by atoms with Crippen molar-refractivity contribution in [1.29, 1.82) is 0 Å². The summed E-state index contributed by atoms with van der Waals surface area (Å²) in [6.07, 6.45) is 4.09. The van der Waals surface area contributed by atoms with Crippen LogP contribution in [0, 0.1) is 6.92 Å². The fourth-order valence-electron chi connectivity index (χ4n) is 2.04. The standard InChI is InChI=1S/C17H19N3O/c1-12-2-3-13(10-18-12)11-19-15-6-4-14(5-7-15)17(21)20-16-8-9-16/h2-7,10,16,19H,8-9,11H2,1H3,(H,20,21). The minimum atomic E-state index is 0.0202. The van der Waals surface area contributed by atoms with Crippen molar-refractivity contribution in [3.05, 3.63) is 59.4 Å². The molecule has 21 heavy (non-hydrogen) atoms. The number of benzene rings is 1. The smallest absolute Gasteiger partial charge is 0.251 e. The average Bonchev–Trinajstić information content (AvgIpc) is 3.31. The lowest BCUT2D eigenvalue weighted by Gasteiger charge is -2.08. The van der Waals surface area contributed by atoms with Crippen LogP contribution in [-0.4, -0.2) is 16.9 Å². The van der Waals surface area contributed by atoms with Crippen molar-refractivity contribution in [1.82, 2.24) is 10.3 Å². The van der Waals surface area contributed by atoms with E-state index < -0.39 is 0 Å². The summed E-state index contributed by atoms with van der Waals surface area (Å²) in [7, 11) is 0. The number of aryl methyl sites for hydroxylation is 1. The van der Waals surface area contributed by atoms with E-state index in [2.05, 4.69) is 21.7 Å². The fourth-order valence-corrected chi connectivity index (χ4v) is 2.04. The molecular formula is C17H19N3O. The largest absolute Gasteiger partial charge is 0.381 e. The Balaban J connectivity index is 1.56. The van der Waals surface area contributed by atoms with Crippen molar-refractivity contribution in [2.75, 3.05) is 5.32 Å². The maximum absolute atomic E-state index is 11.9. The number of carbonyl (C=O) groups is 1. The molecule has 0 bridgehead atoms. The van der Waals surface area contributed by atoms with Crippen LogP contribution in [0.25, 0.3) is 0 Å². The number of hydrogen-bond acceptors (Lipinski definition) is 3. The van der Waals surface area contributed by atoms with Gasteiger partial charge in [-0.1, -0.05) is 6.07 Å². The average molecular weight is 281 g/mol. The van der Waals surface area contributed by atoms with Gasteiger partial charge in [-0.05, 0) is 55.7 Å². The number of pyridine rings is 1. The molecule has 1 fully saturated rings. The van der Waals surface area contributed by atoms with Crippen molar-refractivity contribution >= 4 is 11.6 Å². The van der Waals surface area contributed by atoms with Crippen molar-refractivity contribution in [3.8, 4) is 0 Å². The van der Waals surface area contributed by atoms with E-state index in [-0.39, 0.29) is 5.91 Å². The van der Waals surface area contributed by atoms with E-state index >= 15 is 0 Å². The molecule has 1 aliphatic rings. The molecule has 1 saturated carbocycles. The quantitative estimate of drug-likeness (QED) is 0.886. The Morgan fingerprint density at radius 2 is 1.95 bits per heavy atom. The highest BCUT2D eigenvalue weighted by Gasteiger charge is 2.23. The lowest BCUT2D eigenvalue weighted by molar-refractivity contribution is 0.0951. The van der Waals surface area contributed by atoms with Crippen LogP contribution < -0.4 is 10.6 Å². The van der Waals surface area contributed by atoms with Gasteiger partial charge in [0.15, 0.2) is 0 Å². The molecule has 1 aromatic heterocycles. The van der Waals surface area contributed by atoms with Crippen molar-refractivity contribution in [2.45, 2.75) is 32.4 Å². The molecule has 4 heteroatoms. The van der Waals surface area contributed by atoms with Gasteiger partial charge in [-0.25, -0.2) is 0 Å². The summed E-state index contributed by atoms with van der Waals surface area (Å²) in [6.45, 7) is 2.70. The molecule has 0 aliphatic heterocycles. The molecule has 0 saturated heterocycles. The van der Waals surface area contributed by atoms with Gasteiger partial charge in [0.2, 0.25) is 0 Å². The highest BCUT2D eigenvalue weighted by atomic mass is 16.1. The number of carbonyl (C=O) groups excluding carboxylic acids is 1. The lowest BCUT2D eigenvalue weighted by Crippen LogP contribution is -2.25. The van der Waals surface area contributed by atoms with Crippen LogP contribution >= 0.6 is 0 Å². The van der Waals surface area contributed by atoms with Gasteiger partial charge in [0.25, 0.3) is 5.91 Å². The summed E-state index contributed by atoms with van der Waals surface area (Å²) < 4.78 is 0. The number of nitrogens with zero attached hydrogens (tertiary/aromatic N) is 1. The number of anilines is 1. The van der Waals surface area contributed by atoms with E-state index in [0.717, 1.165) is 36.3 Å². The molecule has 3 rings (SSSR count). The van der Waals surface area contributed by atoms with Crippen molar-refractivity contribution < 1.29 is 4.79 Å².